The maximum absolute atomic E-state index is 14.1. The Morgan fingerprint density at radius 3 is 1.67 bits per heavy atom. The van der Waals surface area contributed by atoms with Crippen molar-refractivity contribution in [2.24, 2.45) is 11.5 Å². The van der Waals surface area contributed by atoms with Gasteiger partial charge in [0.25, 0.3) is 0 Å². The van der Waals surface area contributed by atoms with Crippen LogP contribution in [-0.2, 0) is 19.1 Å². The van der Waals surface area contributed by atoms with E-state index < -0.39 is 55.2 Å². The van der Waals surface area contributed by atoms with Crippen LogP contribution in [0.3, 0.4) is 0 Å². The summed E-state index contributed by atoms with van der Waals surface area (Å²) in [6.45, 7) is 3.98. The van der Waals surface area contributed by atoms with Gasteiger partial charge in [0, 0.05) is 25.9 Å². The predicted octanol–water partition coefficient (Wildman–Crippen LogP) is 5.98. The van der Waals surface area contributed by atoms with Crippen LogP contribution in [0.2, 0.25) is 0 Å². The minimum atomic E-state index is -1.85. The Balaban J connectivity index is 2.87. The van der Waals surface area contributed by atoms with Gasteiger partial charge in [-0.1, -0.05) is 162 Å². The van der Waals surface area contributed by atoms with Crippen molar-refractivity contribution in [3.63, 3.8) is 0 Å². The number of amides is 3. The van der Waals surface area contributed by atoms with Gasteiger partial charge in [0.05, 0.1) is 25.3 Å². The molecule has 0 aromatic carbocycles. The van der Waals surface area contributed by atoms with E-state index in [1.54, 1.807) is 0 Å². The van der Waals surface area contributed by atoms with Crippen LogP contribution in [0.4, 0.5) is 0 Å². The van der Waals surface area contributed by atoms with E-state index in [2.05, 4.69) is 29.8 Å². The average molecular weight is 826 g/mol. The normalized spacial score (nSPS) is 19.7. The van der Waals surface area contributed by atoms with Crippen molar-refractivity contribution in [3.05, 3.63) is 0 Å². The van der Waals surface area contributed by atoms with Crippen LogP contribution in [0.25, 0.3) is 0 Å². The number of aliphatic hydroxyl groups excluding tert-OH is 3. The van der Waals surface area contributed by atoms with Crippen LogP contribution in [-0.4, -0.2) is 100 Å². The SMILES string of the molecule is CCCCCCCCCCCCCCCCCCN(C(=O)CCCCCCCCCCC)[C@@]1(NC(=O)CNC(=O)[C@@H](N)CCCNC(=N)N)C[C@@H](O)[C@H](O)[C@@H](CO)O1. The summed E-state index contributed by atoms with van der Waals surface area (Å²) in [5.74, 6) is -3.49. The first-order valence-corrected chi connectivity index (χ1v) is 23.4. The van der Waals surface area contributed by atoms with Gasteiger partial charge in [-0.05, 0) is 25.7 Å². The number of ether oxygens (including phenoxy) is 1. The Bertz CT molecular complexity index is 1090. The lowest BCUT2D eigenvalue weighted by Crippen LogP contribution is -2.72. The topological polar surface area (TPSA) is 236 Å². The molecule has 1 aliphatic rings. The molecule has 340 valence electrons. The van der Waals surface area contributed by atoms with E-state index in [9.17, 15) is 29.7 Å². The van der Waals surface area contributed by atoms with E-state index in [-0.39, 0.29) is 31.3 Å². The van der Waals surface area contributed by atoms with Gasteiger partial charge in [-0.15, -0.1) is 0 Å². The molecule has 14 nitrogen and oxygen atoms in total. The number of nitrogens with zero attached hydrogens (tertiary/aromatic N) is 1. The van der Waals surface area contributed by atoms with Gasteiger partial charge in [-0.3, -0.25) is 24.7 Å². The average Bonchev–Trinajstić information content (AvgIpc) is 3.20. The summed E-state index contributed by atoms with van der Waals surface area (Å²) < 4.78 is 6.21. The molecule has 1 fully saturated rings. The van der Waals surface area contributed by atoms with Crippen molar-refractivity contribution >= 4 is 23.7 Å². The van der Waals surface area contributed by atoms with Gasteiger partial charge < -0.3 is 47.5 Å². The van der Waals surface area contributed by atoms with E-state index in [4.69, 9.17) is 21.6 Å². The minimum absolute atomic E-state index is 0.176. The number of aliphatic hydroxyl groups is 3. The Hall–Kier alpha value is -2.52. The summed E-state index contributed by atoms with van der Waals surface area (Å²) in [6, 6.07) is -0.901. The van der Waals surface area contributed by atoms with Crippen molar-refractivity contribution in [1.82, 2.24) is 20.9 Å². The largest absolute Gasteiger partial charge is 0.394 e. The summed E-state index contributed by atoms with van der Waals surface area (Å²) >= 11 is 0. The van der Waals surface area contributed by atoms with E-state index in [0.29, 0.717) is 32.2 Å². The second-order valence-electron chi connectivity index (χ2n) is 16.7. The third kappa shape index (κ3) is 24.5. The number of nitrogens with one attached hydrogen (secondary N) is 4. The van der Waals surface area contributed by atoms with Gasteiger partial charge in [-0.25, -0.2) is 0 Å². The summed E-state index contributed by atoms with van der Waals surface area (Å²) in [5, 5.41) is 47.0. The van der Waals surface area contributed by atoms with E-state index in [1.165, 1.54) is 114 Å². The molecule has 1 heterocycles. The zero-order valence-electron chi connectivity index (χ0n) is 36.7. The van der Waals surface area contributed by atoms with Gasteiger partial charge in [0.1, 0.15) is 12.2 Å². The Morgan fingerprint density at radius 2 is 1.21 bits per heavy atom. The van der Waals surface area contributed by atoms with Crippen molar-refractivity contribution < 1.29 is 34.4 Å². The van der Waals surface area contributed by atoms with E-state index in [1.807, 2.05) is 0 Å². The molecule has 14 heteroatoms. The number of rotatable bonds is 37. The molecule has 0 saturated carbocycles. The van der Waals surface area contributed by atoms with Gasteiger partial charge in [0.2, 0.25) is 23.6 Å². The number of carbonyl (C=O) groups excluding carboxylic acids is 3. The smallest absolute Gasteiger partial charge is 0.243 e. The molecular weight excluding hydrogens is 739 g/mol. The molecule has 1 saturated heterocycles. The maximum atomic E-state index is 14.1. The molecule has 11 N–H and O–H groups in total. The quantitative estimate of drug-likeness (QED) is 0.0154. The van der Waals surface area contributed by atoms with Crippen LogP contribution < -0.4 is 27.4 Å². The lowest BCUT2D eigenvalue weighted by molar-refractivity contribution is -0.280. The molecule has 0 aromatic heterocycles. The zero-order valence-corrected chi connectivity index (χ0v) is 36.7. The van der Waals surface area contributed by atoms with Gasteiger partial charge >= 0.3 is 0 Å². The third-order valence-corrected chi connectivity index (χ3v) is 11.4. The first kappa shape index (κ1) is 53.5. The number of unbranched alkanes of at least 4 members (excludes halogenated alkanes) is 23. The van der Waals surface area contributed by atoms with Crippen molar-refractivity contribution in [1.29, 1.82) is 5.41 Å². The zero-order chi connectivity index (χ0) is 42.9. The van der Waals surface area contributed by atoms with Crippen molar-refractivity contribution in [2.75, 3.05) is 26.2 Å². The van der Waals surface area contributed by atoms with Crippen molar-refractivity contribution in [3.8, 4) is 0 Å². The summed E-state index contributed by atoms with van der Waals surface area (Å²) in [5.41, 5.74) is 11.3. The minimum Gasteiger partial charge on any atom is -0.394 e. The lowest BCUT2D eigenvalue weighted by Gasteiger charge is -2.50. The predicted molar refractivity (Wildman–Crippen MR) is 233 cm³/mol. The maximum Gasteiger partial charge on any atom is 0.243 e. The molecule has 5 atom stereocenters. The second-order valence-corrected chi connectivity index (χ2v) is 16.7. The highest BCUT2D eigenvalue weighted by atomic mass is 16.6. The number of hydrogen-bond donors (Lipinski definition) is 9. The summed E-state index contributed by atoms with van der Waals surface area (Å²) in [4.78, 5) is 41.8. The number of carbonyl (C=O) groups is 3. The third-order valence-electron chi connectivity index (χ3n) is 11.4. The Kier molecular flexibility index (Phi) is 31.6. The number of guanidine groups is 1. The first-order valence-electron chi connectivity index (χ1n) is 23.4. The first-order chi connectivity index (χ1) is 28.0. The highest BCUT2D eigenvalue weighted by Gasteiger charge is 2.52. The van der Waals surface area contributed by atoms with Crippen LogP contribution >= 0.6 is 0 Å². The Morgan fingerprint density at radius 1 is 0.741 bits per heavy atom. The highest BCUT2D eigenvalue weighted by molar-refractivity contribution is 5.88. The van der Waals surface area contributed by atoms with Crippen LogP contribution in [0.15, 0.2) is 0 Å². The molecule has 1 rings (SSSR count). The molecule has 58 heavy (non-hydrogen) atoms. The second kappa shape index (κ2) is 34.2. The molecule has 1 aliphatic heterocycles. The molecule has 0 radical (unpaired) electrons. The van der Waals surface area contributed by atoms with Crippen LogP contribution in [0.1, 0.15) is 200 Å². The van der Waals surface area contributed by atoms with Crippen LogP contribution in [0, 0.1) is 5.41 Å². The molecule has 3 amide bonds. The summed E-state index contributed by atoms with van der Waals surface area (Å²) in [7, 11) is 0. The van der Waals surface area contributed by atoms with E-state index in [0.717, 1.165) is 38.5 Å². The van der Waals surface area contributed by atoms with Gasteiger partial charge in [-0.2, -0.15) is 0 Å². The van der Waals surface area contributed by atoms with Gasteiger partial charge in [0.15, 0.2) is 5.96 Å². The monoisotopic (exact) mass is 826 g/mol. The standard InChI is InChI=1S/C44H87N7O7/c1-3-5-7-9-11-13-14-15-16-17-18-19-21-23-25-27-32-51(40(55)30-26-24-22-20-12-10-8-6-4-2)44(33-37(53)41(56)38(35-52)58-44)50-39(54)34-49-42(57)36(45)29-28-31-48-43(46)47/h36-38,41,52-53,56H,3-35,45H2,1-2H3,(H,49,57)(H,50,54)(H4,46,47,48)/t36-,37+,38+,41-,44-/m0/s1. The fourth-order valence-electron chi connectivity index (χ4n) is 7.77. The number of hydrogen-bond acceptors (Lipinski definition) is 9. The molecule has 0 aliphatic carbocycles. The fraction of sp³-hybridized carbons (Fsp3) is 0.909. The molecule has 0 spiro atoms. The fourth-order valence-corrected chi connectivity index (χ4v) is 7.77. The lowest BCUT2D eigenvalue weighted by atomic mass is 9.96. The van der Waals surface area contributed by atoms with Crippen molar-refractivity contribution in [2.45, 2.75) is 230 Å². The molecule has 0 unspecified atom stereocenters. The molecule has 0 bridgehead atoms. The highest BCUT2D eigenvalue weighted by Crippen LogP contribution is 2.32. The van der Waals surface area contributed by atoms with Crippen LogP contribution in [0.5, 0.6) is 0 Å². The molecule has 0 aromatic rings. The molecular formula is C44H87N7O7. The summed E-state index contributed by atoms with van der Waals surface area (Å²) in [6.07, 6.45) is 25.8. The number of nitrogens with two attached hydrogens (primary N) is 2. The Labute approximate surface area is 351 Å². The van der Waals surface area contributed by atoms with E-state index >= 15 is 0 Å².